The number of hydrogen-bond acceptors (Lipinski definition) is 16. The van der Waals surface area contributed by atoms with Crippen molar-refractivity contribution in [2.24, 2.45) is 43.2 Å². The van der Waals surface area contributed by atoms with Crippen LogP contribution in [0, 0.1) is 48.5 Å². The second-order valence-corrected chi connectivity index (χ2v) is 31.3. The van der Waals surface area contributed by atoms with Crippen LogP contribution in [-0.4, -0.2) is 174 Å². The van der Waals surface area contributed by atoms with Crippen LogP contribution in [0.5, 0.6) is 0 Å². The highest BCUT2D eigenvalue weighted by atomic mass is 32.2. The first-order valence-corrected chi connectivity index (χ1v) is 42.0. The number of nitrogens with zero attached hydrogens (tertiary/aromatic N) is 22. The molecule has 0 amide bonds. The number of rotatable bonds is 0. The topological polar surface area (TPSA) is 197 Å². The Labute approximate surface area is 678 Å². The van der Waals surface area contributed by atoms with Gasteiger partial charge in [0.1, 0.15) is 11.6 Å². The summed E-state index contributed by atoms with van der Waals surface area (Å²) in [5.74, 6) is 6.17. The van der Waals surface area contributed by atoms with Gasteiger partial charge in [-0.3, -0.25) is 34.6 Å². The monoisotopic (exact) mass is 1550 g/mol. The highest BCUT2D eigenvalue weighted by Crippen LogP contribution is 2.27. The lowest BCUT2D eigenvalue weighted by atomic mass is 10.1. The molecule has 0 spiro atoms. The van der Waals surface area contributed by atoms with Crippen LogP contribution in [0.2, 0.25) is 0 Å². The predicted molar refractivity (Wildman–Crippen MR) is 463 cm³/mol. The molecule has 2 saturated heterocycles. The third-order valence-electron chi connectivity index (χ3n) is 21.4. The smallest absolute Gasteiger partial charge is 0.168 e. The summed E-state index contributed by atoms with van der Waals surface area (Å²) in [5, 5.41) is 5.34. The molecule has 3 aliphatic carbocycles. The Bertz CT molecular complexity index is 4020. The van der Waals surface area contributed by atoms with Gasteiger partial charge in [0.2, 0.25) is 0 Å². The summed E-state index contributed by atoms with van der Waals surface area (Å²) in [5.41, 5.74) is 17.6. The van der Waals surface area contributed by atoms with E-state index in [9.17, 15) is 0 Å². The molecule has 2 unspecified atom stereocenters. The Hall–Kier alpha value is -10.0. The second kappa shape index (κ2) is 46.8. The number of imidazole rings is 5. The van der Waals surface area contributed by atoms with Crippen LogP contribution >= 0.6 is 11.8 Å². The van der Waals surface area contributed by atoms with Crippen LogP contribution in [0.1, 0.15) is 163 Å². The number of hydrogen-bond donors (Lipinski definition) is 0. The Kier molecular flexibility index (Phi) is 36.0. The number of fused-ring (bicyclic) bond motifs is 8. The van der Waals surface area contributed by atoms with E-state index < -0.39 is 0 Å². The number of amidine groups is 2. The number of aryl methyl sites for hydroxylation is 16. The van der Waals surface area contributed by atoms with Crippen molar-refractivity contribution in [3.8, 4) is 0 Å². The zero-order valence-electron chi connectivity index (χ0n) is 70.4. The van der Waals surface area contributed by atoms with E-state index in [1.165, 1.54) is 232 Å². The highest BCUT2D eigenvalue weighted by molar-refractivity contribution is 7.99. The zero-order valence-corrected chi connectivity index (χ0v) is 71.2. The molecule has 0 bridgehead atoms. The lowest BCUT2D eigenvalue weighted by Gasteiger charge is -2.29. The second-order valence-electron chi connectivity index (χ2n) is 30.2. The van der Waals surface area contributed by atoms with Crippen LogP contribution in [0.3, 0.4) is 0 Å². The summed E-state index contributed by atoms with van der Waals surface area (Å²) in [6.45, 7) is 28.9. The minimum absolute atomic E-state index is 0.782. The Morgan fingerprint density at radius 2 is 1.12 bits per heavy atom. The molecule has 113 heavy (non-hydrogen) atoms. The van der Waals surface area contributed by atoms with Gasteiger partial charge < -0.3 is 42.1 Å². The van der Waals surface area contributed by atoms with Crippen molar-refractivity contribution in [2.75, 3.05) is 52.1 Å². The molecule has 23 heteroatoms. The maximum absolute atomic E-state index is 4.42. The number of benzene rings is 1. The fraction of sp³-hybridized carbons (Fsp3) is 0.489. The molecule has 18 heterocycles. The van der Waals surface area contributed by atoms with E-state index in [0.717, 1.165) is 50.5 Å². The lowest BCUT2D eigenvalue weighted by molar-refractivity contribution is 0.351. The van der Waals surface area contributed by atoms with Crippen molar-refractivity contribution in [1.82, 2.24) is 91.8 Å². The van der Waals surface area contributed by atoms with Gasteiger partial charge in [0.25, 0.3) is 0 Å². The van der Waals surface area contributed by atoms with Crippen molar-refractivity contribution in [1.29, 1.82) is 0 Å². The number of aromatic nitrogens is 16. The molecule has 2 atom stereocenters. The first-order valence-electron chi connectivity index (χ1n) is 41.0. The van der Waals surface area contributed by atoms with E-state index in [0.29, 0.717) is 0 Å². The minimum Gasteiger partial charge on any atom is -0.364 e. The molecule has 0 radical (unpaired) electrons. The molecule has 11 aliphatic rings. The Morgan fingerprint density at radius 1 is 0.425 bits per heavy atom. The Balaban J connectivity index is 0.000000140. The summed E-state index contributed by atoms with van der Waals surface area (Å²) >= 11 is 1.84. The average molecular weight is 1550 g/mol. The van der Waals surface area contributed by atoms with Gasteiger partial charge in [-0.2, -0.15) is 5.10 Å². The van der Waals surface area contributed by atoms with Crippen molar-refractivity contribution in [3.63, 3.8) is 0 Å². The van der Waals surface area contributed by atoms with Crippen LogP contribution in [0.4, 0.5) is 0 Å². The fourth-order valence-corrected chi connectivity index (χ4v) is 15.9. The molecular weight excluding hydrogens is 1420 g/mol. The molecule has 0 saturated carbocycles. The summed E-state index contributed by atoms with van der Waals surface area (Å²) in [6, 6.07) is 27.9. The normalized spacial score (nSPS) is 16.8. The molecule has 11 aromatic rings. The quantitative estimate of drug-likeness (QED) is 0.139. The fourth-order valence-electron chi connectivity index (χ4n) is 14.9. The van der Waals surface area contributed by atoms with E-state index in [4.69, 9.17) is 0 Å². The molecular formula is C90H128N22S. The highest BCUT2D eigenvalue weighted by Gasteiger charge is 2.29. The molecule has 22 nitrogen and oxygen atoms in total. The summed E-state index contributed by atoms with van der Waals surface area (Å²) in [4.78, 5) is 52.1. The van der Waals surface area contributed by atoms with Crippen molar-refractivity contribution < 1.29 is 0 Å². The van der Waals surface area contributed by atoms with Crippen LogP contribution in [0.15, 0.2) is 186 Å². The number of aliphatic imine (C=N–C) groups is 3. The maximum atomic E-state index is 4.42. The van der Waals surface area contributed by atoms with Gasteiger partial charge in [0.15, 0.2) is 5.16 Å². The van der Waals surface area contributed by atoms with Gasteiger partial charge >= 0.3 is 0 Å². The van der Waals surface area contributed by atoms with E-state index in [1.807, 2.05) is 173 Å². The third-order valence-corrected chi connectivity index (χ3v) is 22.4. The van der Waals surface area contributed by atoms with Gasteiger partial charge in [0, 0.05) is 213 Å². The number of likely N-dealkylation sites (N-methyl/N-ethyl adjacent to an activating group) is 1. The molecule has 0 N–H and O–H groups in total. The van der Waals surface area contributed by atoms with Gasteiger partial charge in [-0.05, 0) is 230 Å². The zero-order chi connectivity index (χ0) is 80.1. The van der Waals surface area contributed by atoms with E-state index in [-0.39, 0.29) is 0 Å². The first kappa shape index (κ1) is 86.9. The number of pyridine rings is 3. The third kappa shape index (κ3) is 28.5. The summed E-state index contributed by atoms with van der Waals surface area (Å²) in [7, 11) is 10.2. The van der Waals surface area contributed by atoms with Gasteiger partial charge in [0.05, 0.1) is 55.6 Å². The van der Waals surface area contributed by atoms with E-state index in [1.54, 1.807) is 48.6 Å². The van der Waals surface area contributed by atoms with Gasteiger partial charge in [-0.15, -0.1) is 0 Å². The van der Waals surface area contributed by atoms with E-state index in [2.05, 4.69) is 178 Å². The molecule has 22 rings (SSSR count). The van der Waals surface area contributed by atoms with Crippen molar-refractivity contribution >= 4 is 29.8 Å². The Morgan fingerprint density at radius 3 is 1.68 bits per heavy atom. The first-order chi connectivity index (χ1) is 54.9. The molecule has 10 aromatic heterocycles. The van der Waals surface area contributed by atoms with E-state index >= 15 is 0 Å². The van der Waals surface area contributed by atoms with Crippen LogP contribution < -0.4 is 0 Å². The molecule has 2 fully saturated rings. The predicted octanol–water partition coefficient (Wildman–Crippen LogP) is 15.6. The standard InChI is InChI=1S/C8H14N2.C8H11N.2C7H10N2.C7H12N2.2C7H10N2.C7H8.C6H8N2S.3C6H7N.C4H8N2.C4H6N2/c1-7-9-5-4-8-3-2-6-10(7)8;1-9-6-5-7-3-2-4-8(7)9;1-9-5-8-6-3-2-4-7(6)9;1-9-7-4-2-3-6(7)5-8-9;2*1-6-8-5-7-3-2-4-9(6)7;1-6-5-8-7-3-2-4-9(6)7;1-7-5-3-2-4-6-7;1-5-4-7-6-8(5)2-3-9-6;1-6-2-4-7-5-3-6;1-6-3-2-4-7-5-6;1-6-4-2-3-5-7-6;2*1-6-3-2-5-4-6/h8H,2-6H2,1H3;5-6H,2-4H2,1H3;2*5H,2-4H2,1H3;7H,2-5H2,1H3;2*5H,2-4H2,1H3;2-6H,1H3;4H,2-3H2,1H3;3*2-5H,1H3;4H,2-3H2,1H3;2-4H,1H3. The van der Waals surface area contributed by atoms with Crippen LogP contribution in [0.25, 0.3) is 0 Å². The van der Waals surface area contributed by atoms with Crippen molar-refractivity contribution in [3.05, 3.63) is 251 Å². The summed E-state index contributed by atoms with van der Waals surface area (Å²) < 4.78 is 15.1. The van der Waals surface area contributed by atoms with Crippen LogP contribution in [-0.2, 0) is 99.2 Å². The average Bonchev–Trinajstić information content (AvgIpc) is 1.46. The number of thioether (sulfide) groups is 1. The molecule has 8 aliphatic heterocycles. The summed E-state index contributed by atoms with van der Waals surface area (Å²) in [6.07, 6.45) is 51.4. The van der Waals surface area contributed by atoms with Crippen molar-refractivity contribution in [2.45, 2.75) is 215 Å². The largest absolute Gasteiger partial charge is 0.364 e. The maximum Gasteiger partial charge on any atom is 0.168 e. The molecule has 604 valence electrons. The van der Waals surface area contributed by atoms with Gasteiger partial charge in [-0.1, -0.05) is 59.8 Å². The minimum atomic E-state index is 0.782. The van der Waals surface area contributed by atoms with Gasteiger partial charge in [-0.25, -0.2) is 24.9 Å². The lowest BCUT2D eigenvalue weighted by Crippen LogP contribution is -2.37. The SMILES string of the molecule is CC1=NCC2CCCN12.CC1=NCCC2CCCN12.CN1C=NCC1.Cc1ccccc1.Cc1ccccn1.Cc1cccnc1.Cc1ccncc1.Cc1cnc2n1CCC2.Cc1cnc2n1CCS2.Cc1ncc2n1CCC2.Cn1ccc2c1CCC2.Cn1ccnc1.Cn1cnc2c1CCC2.Cn1ncc2c1CCC2. The molecule has 1 aromatic carbocycles.